The molecular formula is C6H6O4. The molecular weight excluding hydrogens is 136 g/mol. The van der Waals surface area contributed by atoms with Crippen LogP contribution in [-0.2, 0) is 19.1 Å². The monoisotopic (exact) mass is 142 g/mol. The smallest absolute Gasteiger partial charge is 0.351 e. The molecule has 1 atom stereocenters. The van der Waals surface area contributed by atoms with Crippen molar-refractivity contribution in [3.8, 4) is 0 Å². The molecule has 0 spiro atoms. The van der Waals surface area contributed by atoms with Gasteiger partial charge in [0.15, 0.2) is 0 Å². The van der Waals surface area contributed by atoms with Gasteiger partial charge in [-0.05, 0) is 0 Å². The largest absolute Gasteiger partial charge is 0.458 e. The Labute approximate surface area is 57.4 Å². The fourth-order valence-corrected chi connectivity index (χ4v) is 0.490. The molecule has 0 aliphatic carbocycles. The van der Waals surface area contributed by atoms with Crippen molar-refractivity contribution in [2.24, 2.45) is 0 Å². The summed E-state index contributed by atoms with van der Waals surface area (Å²) in [6, 6.07) is 0. The van der Waals surface area contributed by atoms with Crippen LogP contribution < -0.4 is 0 Å². The van der Waals surface area contributed by atoms with E-state index in [1.807, 2.05) is 0 Å². The zero-order valence-corrected chi connectivity index (χ0v) is 5.20. The minimum absolute atomic E-state index is 0.165. The van der Waals surface area contributed by atoms with E-state index in [0.29, 0.717) is 0 Å². The summed E-state index contributed by atoms with van der Waals surface area (Å²) in [6.07, 6.45) is 0.302. The van der Waals surface area contributed by atoms with Crippen LogP contribution in [0.15, 0.2) is 12.7 Å². The van der Waals surface area contributed by atoms with Gasteiger partial charge in [0.1, 0.15) is 6.61 Å². The van der Waals surface area contributed by atoms with E-state index in [0.717, 1.165) is 6.08 Å². The van der Waals surface area contributed by atoms with Gasteiger partial charge in [0.05, 0.1) is 0 Å². The standard InChI is InChI=1S/C6H6O4/c1-2-5(7)10-4-3-9-6(4)8/h2,4H,1,3H2. The summed E-state index contributed by atoms with van der Waals surface area (Å²) in [4.78, 5) is 20.8. The molecule has 1 rings (SSSR count). The van der Waals surface area contributed by atoms with Crippen molar-refractivity contribution in [2.75, 3.05) is 6.61 Å². The fourth-order valence-electron chi connectivity index (χ4n) is 0.490. The summed E-state index contributed by atoms with van der Waals surface area (Å²) in [5.41, 5.74) is 0. The Hall–Kier alpha value is -1.32. The summed E-state index contributed by atoms with van der Waals surface area (Å²) in [5, 5.41) is 0. The van der Waals surface area contributed by atoms with Gasteiger partial charge in [-0.15, -0.1) is 0 Å². The van der Waals surface area contributed by atoms with Gasteiger partial charge in [0.25, 0.3) is 0 Å². The first kappa shape index (κ1) is 6.80. The first-order valence-electron chi connectivity index (χ1n) is 2.73. The van der Waals surface area contributed by atoms with Gasteiger partial charge in [0.2, 0.25) is 6.10 Å². The lowest BCUT2D eigenvalue weighted by molar-refractivity contribution is -0.189. The molecule has 0 aromatic rings. The SMILES string of the molecule is C=CC(=O)OC1COC1=O. The summed E-state index contributed by atoms with van der Waals surface area (Å²) >= 11 is 0. The van der Waals surface area contributed by atoms with E-state index in [1.165, 1.54) is 0 Å². The molecule has 0 bridgehead atoms. The van der Waals surface area contributed by atoms with Crippen LogP contribution in [0.25, 0.3) is 0 Å². The molecule has 0 aromatic carbocycles. The van der Waals surface area contributed by atoms with Gasteiger partial charge in [-0.25, -0.2) is 9.59 Å². The minimum Gasteiger partial charge on any atom is -0.458 e. The molecule has 0 N–H and O–H groups in total. The van der Waals surface area contributed by atoms with E-state index in [-0.39, 0.29) is 6.61 Å². The second-order valence-electron chi connectivity index (χ2n) is 1.76. The van der Waals surface area contributed by atoms with Gasteiger partial charge in [-0.2, -0.15) is 0 Å². The number of carbonyl (C=O) groups is 2. The van der Waals surface area contributed by atoms with Gasteiger partial charge in [-0.1, -0.05) is 6.58 Å². The zero-order valence-electron chi connectivity index (χ0n) is 5.20. The Bertz CT molecular complexity index is 184. The third kappa shape index (κ3) is 1.15. The van der Waals surface area contributed by atoms with Gasteiger partial charge in [0, 0.05) is 6.08 Å². The molecule has 0 amide bonds. The Morgan fingerprint density at radius 2 is 2.60 bits per heavy atom. The lowest BCUT2D eigenvalue weighted by Crippen LogP contribution is -2.43. The third-order valence-corrected chi connectivity index (χ3v) is 1.06. The Morgan fingerprint density at radius 3 is 2.90 bits per heavy atom. The molecule has 0 saturated carbocycles. The van der Waals surface area contributed by atoms with Gasteiger partial charge < -0.3 is 9.47 Å². The predicted molar refractivity (Wildman–Crippen MR) is 31.0 cm³/mol. The molecule has 1 unspecified atom stereocenters. The number of ether oxygens (including phenoxy) is 2. The highest BCUT2D eigenvalue weighted by Crippen LogP contribution is 2.07. The Kier molecular flexibility index (Phi) is 1.71. The highest BCUT2D eigenvalue weighted by Gasteiger charge is 2.33. The van der Waals surface area contributed by atoms with Crippen molar-refractivity contribution in [3.63, 3.8) is 0 Å². The zero-order chi connectivity index (χ0) is 7.56. The second kappa shape index (κ2) is 2.51. The first-order chi connectivity index (χ1) is 4.74. The van der Waals surface area contributed by atoms with E-state index in [2.05, 4.69) is 16.1 Å². The molecule has 1 heterocycles. The number of carbonyl (C=O) groups excluding carboxylic acids is 2. The molecule has 1 aliphatic rings. The number of hydrogen-bond donors (Lipinski definition) is 0. The van der Waals surface area contributed by atoms with Crippen LogP contribution in [0, 0.1) is 0 Å². The molecule has 1 aliphatic heterocycles. The molecule has 0 radical (unpaired) electrons. The topological polar surface area (TPSA) is 52.6 Å². The molecule has 4 nitrogen and oxygen atoms in total. The van der Waals surface area contributed by atoms with Crippen LogP contribution in [-0.4, -0.2) is 24.6 Å². The molecule has 1 saturated heterocycles. The molecule has 4 heteroatoms. The van der Waals surface area contributed by atoms with Crippen molar-refractivity contribution >= 4 is 11.9 Å². The molecule has 1 fully saturated rings. The number of hydrogen-bond acceptors (Lipinski definition) is 4. The minimum atomic E-state index is -0.703. The summed E-state index contributed by atoms with van der Waals surface area (Å²) < 4.78 is 8.85. The normalized spacial score (nSPS) is 22.4. The third-order valence-electron chi connectivity index (χ3n) is 1.06. The van der Waals surface area contributed by atoms with E-state index in [9.17, 15) is 9.59 Å². The van der Waals surface area contributed by atoms with Crippen molar-refractivity contribution in [1.82, 2.24) is 0 Å². The highest BCUT2D eigenvalue weighted by atomic mass is 16.6. The second-order valence-corrected chi connectivity index (χ2v) is 1.76. The first-order valence-corrected chi connectivity index (χ1v) is 2.73. The summed E-state index contributed by atoms with van der Waals surface area (Å²) in [7, 11) is 0. The van der Waals surface area contributed by atoms with Crippen LogP contribution in [0.5, 0.6) is 0 Å². The van der Waals surface area contributed by atoms with Crippen LogP contribution in [0.3, 0.4) is 0 Å². The quantitative estimate of drug-likeness (QED) is 0.390. The number of cyclic esters (lactones) is 1. The maximum Gasteiger partial charge on any atom is 0.351 e. The van der Waals surface area contributed by atoms with Gasteiger partial charge in [-0.3, -0.25) is 0 Å². The van der Waals surface area contributed by atoms with E-state index < -0.39 is 18.0 Å². The maximum atomic E-state index is 10.4. The van der Waals surface area contributed by atoms with Crippen molar-refractivity contribution in [2.45, 2.75) is 6.10 Å². The number of rotatable bonds is 2. The van der Waals surface area contributed by atoms with Gasteiger partial charge >= 0.3 is 11.9 Å². The van der Waals surface area contributed by atoms with Crippen LogP contribution in [0.1, 0.15) is 0 Å². The lowest BCUT2D eigenvalue weighted by atomic mass is 10.3. The van der Waals surface area contributed by atoms with Crippen LogP contribution in [0.2, 0.25) is 0 Å². The lowest BCUT2D eigenvalue weighted by Gasteiger charge is -2.23. The molecule has 0 aromatic heterocycles. The highest BCUT2D eigenvalue weighted by molar-refractivity contribution is 5.87. The predicted octanol–water partition coefficient (Wildman–Crippen LogP) is -0.359. The van der Waals surface area contributed by atoms with Crippen LogP contribution >= 0.6 is 0 Å². The summed E-state index contributed by atoms with van der Waals surface area (Å²) in [5.74, 6) is -1.09. The summed E-state index contributed by atoms with van der Waals surface area (Å²) in [6.45, 7) is 3.34. The fraction of sp³-hybridized carbons (Fsp3) is 0.333. The van der Waals surface area contributed by atoms with Crippen LogP contribution in [0.4, 0.5) is 0 Å². The number of esters is 2. The molecule has 54 valence electrons. The van der Waals surface area contributed by atoms with Crippen molar-refractivity contribution in [1.29, 1.82) is 0 Å². The van der Waals surface area contributed by atoms with E-state index in [1.54, 1.807) is 0 Å². The average molecular weight is 142 g/mol. The van der Waals surface area contributed by atoms with E-state index >= 15 is 0 Å². The van der Waals surface area contributed by atoms with Crippen molar-refractivity contribution in [3.05, 3.63) is 12.7 Å². The maximum absolute atomic E-state index is 10.4. The van der Waals surface area contributed by atoms with Crippen molar-refractivity contribution < 1.29 is 19.1 Å². The average Bonchev–Trinajstić information content (AvgIpc) is 1.96. The van der Waals surface area contributed by atoms with E-state index in [4.69, 9.17) is 0 Å². The Balaban J connectivity index is 2.32. The molecule has 10 heavy (non-hydrogen) atoms. The Morgan fingerprint density at radius 1 is 1.90 bits per heavy atom.